The molecule has 0 aliphatic carbocycles. The van der Waals surface area contributed by atoms with Gasteiger partial charge in [-0.25, -0.2) is 0 Å². The third kappa shape index (κ3) is 4.01. The van der Waals surface area contributed by atoms with Crippen molar-refractivity contribution in [1.82, 2.24) is 0 Å². The van der Waals surface area contributed by atoms with Crippen LogP contribution in [0, 0.1) is 11.3 Å². The first-order chi connectivity index (χ1) is 6.31. The van der Waals surface area contributed by atoms with Crippen molar-refractivity contribution >= 4 is 11.6 Å². The van der Waals surface area contributed by atoms with E-state index in [-0.39, 0.29) is 23.9 Å². The summed E-state index contributed by atoms with van der Waals surface area (Å²) >= 11 is 0. The zero-order valence-corrected chi connectivity index (χ0v) is 9.72. The average Bonchev–Trinajstić information content (AvgIpc) is 2.03. The standard InChI is InChI=1S/C11H20O3/c1-8(2)9(12)6-10(13)11(3,4)7-14-5/h8H,6-7H2,1-5H3. The molecule has 0 aliphatic heterocycles. The molecule has 0 aromatic carbocycles. The Morgan fingerprint density at radius 2 is 1.79 bits per heavy atom. The van der Waals surface area contributed by atoms with E-state index in [9.17, 15) is 9.59 Å². The molecule has 0 bridgehead atoms. The first kappa shape index (κ1) is 13.3. The smallest absolute Gasteiger partial charge is 0.148 e. The molecule has 0 spiro atoms. The van der Waals surface area contributed by atoms with Crippen LogP contribution in [-0.2, 0) is 14.3 Å². The minimum Gasteiger partial charge on any atom is -0.384 e. The van der Waals surface area contributed by atoms with Gasteiger partial charge in [0.1, 0.15) is 11.6 Å². The number of hydrogen-bond donors (Lipinski definition) is 0. The van der Waals surface area contributed by atoms with Crippen molar-refractivity contribution in [3.8, 4) is 0 Å². The maximum atomic E-state index is 11.7. The van der Waals surface area contributed by atoms with Crippen LogP contribution in [0.5, 0.6) is 0 Å². The molecule has 0 saturated carbocycles. The van der Waals surface area contributed by atoms with Crippen molar-refractivity contribution in [2.45, 2.75) is 34.1 Å². The van der Waals surface area contributed by atoms with E-state index in [1.165, 1.54) is 0 Å². The van der Waals surface area contributed by atoms with Crippen LogP contribution in [0.25, 0.3) is 0 Å². The van der Waals surface area contributed by atoms with Crippen LogP contribution in [0.3, 0.4) is 0 Å². The van der Waals surface area contributed by atoms with Crippen LogP contribution in [-0.4, -0.2) is 25.3 Å². The number of Topliss-reactive ketones (excluding diaryl/α,β-unsaturated/α-hetero) is 2. The molecule has 0 saturated heterocycles. The lowest BCUT2D eigenvalue weighted by Crippen LogP contribution is -2.31. The van der Waals surface area contributed by atoms with Crippen LogP contribution in [0.15, 0.2) is 0 Å². The molecule has 0 amide bonds. The predicted molar refractivity (Wildman–Crippen MR) is 55.1 cm³/mol. The van der Waals surface area contributed by atoms with Gasteiger partial charge in [0.25, 0.3) is 0 Å². The first-order valence-electron chi connectivity index (χ1n) is 4.86. The highest BCUT2D eigenvalue weighted by Gasteiger charge is 2.29. The highest BCUT2D eigenvalue weighted by Crippen LogP contribution is 2.19. The summed E-state index contributed by atoms with van der Waals surface area (Å²) in [6.07, 6.45) is 0.0219. The van der Waals surface area contributed by atoms with E-state index in [1.54, 1.807) is 34.8 Å². The van der Waals surface area contributed by atoms with E-state index >= 15 is 0 Å². The van der Waals surface area contributed by atoms with Gasteiger partial charge in [-0.2, -0.15) is 0 Å². The molecule has 82 valence electrons. The maximum Gasteiger partial charge on any atom is 0.148 e. The lowest BCUT2D eigenvalue weighted by atomic mass is 9.85. The number of carbonyl (C=O) groups excluding carboxylic acids is 2. The predicted octanol–water partition coefficient (Wildman–Crippen LogP) is 1.84. The monoisotopic (exact) mass is 200 g/mol. The molecule has 14 heavy (non-hydrogen) atoms. The summed E-state index contributed by atoms with van der Waals surface area (Å²) in [5, 5.41) is 0. The fraction of sp³-hybridized carbons (Fsp3) is 0.818. The van der Waals surface area contributed by atoms with Crippen LogP contribution in [0.1, 0.15) is 34.1 Å². The van der Waals surface area contributed by atoms with Gasteiger partial charge in [-0.3, -0.25) is 9.59 Å². The molecule has 3 nitrogen and oxygen atoms in total. The molecule has 0 aromatic rings. The zero-order valence-electron chi connectivity index (χ0n) is 9.72. The molecule has 0 N–H and O–H groups in total. The second-order valence-electron chi connectivity index (χ2n) is 4.54. The van der Waals surface area contributed by atoms with Gasteiger partial charge in [-0.1, -0.05) is 27.7 Å². The minimum absolute atomic E-state index is 0.000761. The molecule has 0 heterocycles. The van der Waals surface area contributed by atoms with Gasteiger partial charge < -0.3 is 4.74 Å². The molecule has 0 fully saturated rings. The highest BCUT2D eigenvalue weighted by atomic mass is 16.5. The molecule has 0 atom stereocenters. The quantitative estimate of drug-likeness (QED) is 0.614. The van der Waals surface area contributed by atoms with Gasteiger partial charge in [-0.15, -0.1) is 0 Å². The molecular formula is C11H20O3. The fourth-order valence-electron chi connectivity index (χ4n) is 1.04. The molecule has 0 unspecified atom stereocenters. The third-order valence-corrected chi connectivity index (χ3v) is 2.24. The second kappa shape index (κ2) is 5.25. The van der Waals surface area contributed by atoms with Crippen LogP contribution >= 0.6 is 0 Å². The summed E-state index contributed by atoms with van der Waals surface area (Å²) in [4.78, 5) is 23.0. The average molecular weight is 200 g/mol. The van der Waals surface area contributed by atoms with Gasteiger partial charge >= 0.3 is 0 Å². The van der Waals surface area contributed by atoms with E-state index in [1.807, 2.05) is 0 Å². The number of ether oxygens (including phenoxy) is 1. The van der Waals surface area contributed by atoms with Gasteiger partial charge in [0.2, 0.25) is 0 Å². The van der Waals surface area contributed by atoms with Gasteiger partial charge in [-0.05, 0) is 0 Å². The second-order valence-corrected chi connectivity index (χ2v) is 4.54. The lowest BCUT2D eigenvalue weighted by molar-refractivity contribution is -0.135. The molecule has 3 heteroatoms. The Morgan fingerprint density at radius 1 is 1.29 bits per heavy atom. The molecule has 0 rings (SSSR count). The Bertz CT molecular complexity index is 217. The number of rotatable bonds is 6. The van der Waals surface area contributed by atoms with Crippen molar-refractivity contribution in [2.75, 3.05) is 13.7 Å². The topological polar surface area (TPSA) is 43.4 Å². The largest absolute Gasteiger partial charge is 0.384 e. The zero-order chi connectivity index (χ0) is 11.4. The van der Waals surface area contributed by atoms with Gasteiger partial charge in [0.15, 0.2) is 0 Å². The number of methoxy groups -OCH3 is 1. The summed E-state index contributed by atoms with van der Waals surface area (Å²) in [6, 6.07) is 0. The molecule has 0 radical (unpaired) electrons. The fourth-order valence-corrected chi connectivity index (χ4v) is 1.04. The SMILES string of the molecule is COCC(C)(C)C(=O)CC(=O)C(C)C. The Kier molecular flexibility index (Phi) is 4.99. The molecular weight excluding hydrogens is 180 g/mol. The van der Waals surface area contributed by atoms with Crippen molar-refractivity contribution in [1.29, 1.82) is 0 Å². The summed E-state index contributed by atoms with van der Waals surface area (Å²) in [7, 11) is 1.55. The Balaban J connectivity index is 4.27. The van der Waals surface area contributed by atoms with Gasteiger partial charge in [0.05, 0.1) is 13.0 Å². The van der Waals surface area contributed by atoms with Crippen molar-refractivity contribution < 1.29 is 14.3 Å². The Morgan fingerprint density at radius 3 is 2.14 bits per heavy atom. The van der Waals surface area contributed by atoms with E-state index in [2.05, 4.69) is 0 Å². The number of carbonyl (C=O) groups is 2. The van der Waals surface area contributed by atoms with Crippen molar-refractivity contribution in [3.05, 3.63) is 0 Å². The molecule has 0 aromatic heterocycles. The minimum atomic E-state index is -0.556. The Hall–Kier alpha value is -0.700. The van der Waals surface area contributed by atoms with E-state index in [0.717, 1.165) is 0 Å². The lowest BCUT2D eigenvalue weighted by Gasteiger charge is -2.21. The number of ketones is 2. The number of hydrogen-bond acceptors (Lipinski definition) is 3. The van der Waals surface area contributed by atoms with Crippen LogP contribution in [0.4, 0.5) is 0 Å². The Labute approximate surface area is 85.8 Å². The highest BCUT2D eigenvalue weighted by molar-refractivity contribution is 6.02. The molecule has 0 aliphatic rings. The normalized spacial score (nSPS) is 11.9. The first-order valence-corrected chi connectivity index (χ1v) is 4.86. The third-order valence-electron chi connectivity index (χ3n) is 2.24. The van der Waals surface area contributed by atoms with Gasteiger partial charge in [0, 0.05) is 18.4 Å². The van der Waals surface area contributed by atoms with Crippen LogP contribution < -0.4 is 0 Å². The maximum absolute atomic E-state index is 11.7. The summed E-state index contributed by atoms with van der Waals surface area (Å²) in [5.41, 5.74) is -0.556. The summed E-state index contributed by atoms with van der Waals surface area (Å²) in [6.45, 7) is 7.56. The summed E-state index contributed by atoms with van der Waals surface area (Å²) in [5.74, 6) is -0.116. The van der Waals surface area contributed by atoms with Crippen molar-refractivity contribution in [2.24, 2.45) is 11.3 Å². The van der Waals surface area contributed by atoms with E-state index in [4.69, 9.17) is 4.74 Å². The van der Waals surface area contributed by atoms with E-state index < -0.39 is 5.41 Å². The van der Waals surface area contributed by atoms with Crippen molar-refractivity contribution in [3.63, 3.8) is 0 Å². The van der Waals surface area contributed by atoms with Crippen LogP contribution in [0.2, 0.25) is 0 Å². The van der Waals surface area contributed by atoms with E-state index in [0.29, 0.717) is 6.61 Å². The summed E-state index contributed by atoms with van der Waals surface area (Å²) < 4.78 is 4.94.